The number of hydrogen-bond acceptors (Lipinski definition) is 4. The lowest BCUT2D eigenvalue weighted by Crippen LogP contribution is -2.53. The SMILES string of the molecule is CC(=O)NC(C(=O)NC(CCCNC(N)=O)C(C)=O)C(C)C. The van der Waals surface area contributed by atoms with Crippen molar-refractivity contribution in [3.05, 3.63) is 0 Å². The van der Waals surface area contributed by atoms with Gasteiger partial charge in [-0.25, -0.2) is 4.79 Å². The number of amides is 4. The molecule has 126 valence electrons. The monoisotopic (exact) mass is 314 g/mol. The number of carbonyl (C=O) groups is 4. The van der Waals surface area contributed by atoms with Crippen molar-refractivity contribution in [3.8, 4) is 0 Å². The fourth-order valence-electron chi connectivity index (χ4n) is 1.91. The second-order valence-electron chi connectivity index (χ2n) is 5.53. The van der Waals surface area contributed by atoms with Gasteiger partial charge in [0.2, 0.25) is 11.8 Å². The van der Waals surface area contributed by atoms with E-state index in [0.717, 1.165) is 0 Å². The van der Waals surface area contributed by atoms with E-state index in [1.165, 1.54) is 13.8 Å². The van der Waals surface area contributed by atoms with E-state index in [4.69, 9.17) is 5.73 Å². The van der Waals surface area contributed by atoms with Gasteiger partial charge in [0.1, 0.15) is 6.04 Å². The van der Waals surface area contributed by atoms with Crippen molar-refractivity contribution in [1.29, 1.82) is 0 Å². The van der Waals surface area contributed by atoms with Gasteiger partial charge in [-0.05, 0) is 25.7 Å². The molecule has 0 aromatic heterocycles. The van der Waals surface area contributed by atoms with E-state index < -0.39 is 24.0 Å². The first-order valence-corrected chi connectivity index (χ1v) is 7.26. The van der Waals surface area contributed by atoms with Crippen molar-refractivity contribution in [2.75, 3.05) is 6.54 Å². The number of Topliss-reactive ketones (excluding diaryl/α,β-unsaturated/α-hetero) is 1. The molecule has 0 aliphatic rings. The van der Waals surface area contributed by atoms with Crippen LogP contribution in [0.15, 0.2) is 0 Å². The fourth-order valence-corrected chi connectivity index (χ4v) is 1.91. The summed E-state index contributed by atoms with van der Waals surface area (Å²) < 4.78 is 0. The van der Waals surface area contributed by atoms with E-state index in [-0.39, 0.29) is 17.6 Å². The number of rotatable bonds is 9. The number of ketones is 1. The van der Waals surface area contributed by atoms with Crippen LogP contribution in [0.5, 0.6) is 0 Å². The minimum Gasteiger partial charge on any atom is -0.352 e. The third kappa shape index (κ3) is 8.23. The summed E-state index contributed by atoms with van der Waals surface area (Å²) in [7, 11) is 0. The van der Waals surface area contributed by atoms with Gasteiger partial charge in [-0.2, -0.15) is 0 Å². The number of nitrogens with two attached hydrogens (primary N) is 1. The van der Waals surface area contributed by atoms with Gasteiger partial charge >= 0.3 is 6.03 Å². The molecule has 0 aliphatic heterocycles. The Labute approximate surface area is 130 Å². The standard InChI is InChI=1S/C14H26N4O4/c1-8(2)12(17-10(4)20)13(21)18-11(9(3)19)6-5-7-16-14(15)22/h8,11-12H,5-7H2,1-4H3,(H,17,20)(H,18,21)(H3,15,16,22). The molecular weight excluding hydrogens is 288 g/mol. The molecule has 0 aromatic rings. The summed E-state index contributed by atoms with van der Waals surface area (Å²) in [5.41, 5.74) is 4.94. The lowest BCUT2D eigenvalue weighted by Gasteiger charge is -2.24. The van der Waals surface area contributed by atoms with Crippen LogP contribution < -0.4 is 21.7 Å². The van der Waals surface area contributed by atoms with Crippen LogP contribution in [0.2, 0.25) is 0 Å². The first-order chi connectivity index (χ1) is 10.1. The quantitative estimate of drug-likeness (QED) is 0.434. The predicted octanol–water partition coefficient (Wildman–Crippen LogP) is -0.331. The molecule has 8 nitrogen and oxygen atoms in total. The maximum Gasteiger partial charge on any atom is 0.312 e. The first kappa shape index (κ1) is 19.9. The Morgan fingerprint density at radius 2 is 1.64 bits per heavy atom. The molecule has 0 aliphatic carbocycles. The van der Waals surface area contributed by atoms with Crippen molar-refractivity contribution in [2.24, 2.45) is 11.7 Å². The molecule has 4 amide bonds. The molecule has 0 heterocycles. The lowest BCUT2D eigenvalue weighted by molar-refractivity contribution is -0.131. The summed E-state index contributed by atoms with van der Waals surface area (Å²) in [6, 6.07) is -1.98. The summed E-state index contributed by atoms with van der Waals surface area (Å²) in [6.45, 7) is 6.66. The fraction of sp³-hybridized carbons (Fsp3) is 0.714. The summed E-state index contributed by atoms with van der Waals surface area (Å²) in [5.74, 6) is -0.988. The van der Waals surface area contributed by atoms with E-state index in [2.05, 4.69) is 16.0 Å². The van der Waals surface area contributed by atoms with Gasteiger partial charge in [0.05, 0.1) is 6.04 Å². The van der Waals surface area contributed by atoms with Crippen molar-refractivity contribution >= 4 is 23.6 Å². The van der Waals surface area contributed by atoms with E-state index in [1.54, 1.807) is 13.8 Å². The van der Waals surface area contributed by atoms with Gasteiger partial charge in [0, 0.05) is 13.5 Å². The van der Waals surface area contributed by atoms with Crippen LogP contribution in [0.3, 0.4) is 0 Å². The van der Waals surface area contributed by atoms with Gasteiger partial charge in [0.25, 0.3) is 0 Å². The summed E-state index contributed by atoms with van der Waals surface area (Å²) >= 11 is 0. The maximum absolute atomic E-state index is 12.2. The van der Waals surface area contributed by atoms with Crippen LogP contribution in [-0.2, 0) is 14.4 Å². The molecule has 0 radical (unpaired) electrons. The van der Waals surface area contributed by atoms with Gasteiger partial charge in [-0.3, -0.25) is 14.4 Å². The maximum atomic E-state index is 12.2. The summed E-state index contributed by atoms with van der Waals surface area (Å²) in [5, 5.41) is 7.63. The molecule has 0 spiro atoms. The molecule has 0 saturated heterocycles. The Kier molecular flexibility index (Phi) is 8.81. The molecule has 22 heavy (non-hydrogen) atoms. The van der Waals surface area contributed by atoms with E-state index >= 15 is 0 Å². The average molecular weight is 314 g/mol. The smallest absolute Gasteiger partial charge is 0.312 e. The first-order valence-electron chi connectivity index (χ1n) is 7.26. The van der Waals surface area contributed by atoms with Crippen LogP contribution >= 0.6 is 0 Å². The van der Waals surface area contributed by atoms with Crippen molar-refractivity contribution in [3.63, 3.8) is 0 Å². The van der Waals surface area contributed by atoms with Crippen LogP contribution in [0.25, 0.3) is 0 Å². The highest BCUT2D eigenvalue weighted by molar-refractivity contribution is 5.91. The molecule has 0 rings (SSSR count). The molecule has 2 unspecified atom stereocenters. The second-order valence-corrected chi connectivity index (χ2v) is 5.53. The third-order valence-corrected chi connectivity index (χ3v) is 3.08. The second kappa shape index (κ2) is 9.75. The molecule has 0 aromatic carbocycles. The highest BCUT2D eigenvalue weighted by Gasteiger charge is 2.26. The van der Waals surface area contributed by atoms with Crippen molar-refractivity contribution in [2.45, 2.75) is 52.6 Å². The Bertz CT molecular complexity index is 423. The van der Waals surface area contributed by atoms with Crippen LogP contribution in [0.4, 0.5) is 4.79 Å². The number of carbonyl (C=O) groups excluding carboxylic acids is 4. The van der Waals surface area contributed by atoms with Gasteiger partial charge < -0.3 is 21.7 Å². The highest BCUT2D eigenvalue weighted by atomic mass is 16.2. The number of hydrogen-bond donors (Lipinski definition) is 4. The highest BCUT2D eigenvalue weighted by Crippen LogP contribution is 2.05. The van der Waals surface area contributed by atoms with E-state index in [0.29, 0.717) is 19.4 Å². The van der Waals surface area contributed by atoms with Crippen LogP contribution in [-0.4, -0.2) is 42.3 Å². The predicted molar refractivity (Wildman–Crippen MR) is 81.9 cm³/mol. The zero-order valence-corrected chi connectivity index (χ0v) is 13.6. The number of primary amides is 1. The molecule has 0 saturated carbocycles. The topological polar surface area (TPSA) is 130 Å². The zero-order chi connectivity index (χ0) is 17.3. The number of nitrogens with one attached hydrogen (secondary N) is 3. The van der Waals surface area contributed by atoms with Gasteiger partial charge in [-0.15, -0.1) is 0 Å². The summed E-state index contributed by atoms with van der Waals surface area (Å²) in [4.78, 5) is 45.5. The third-order valence-electron chi connectivity index (χ3n) is 3.08. The molecule has 5 N–H and O–H groups in total. The molecule has 0 fully saturated rings. The molecule has 0 bridgehead atoms. The van der Waals surface area contributed by atoms with Crippen LogP contribution in [0, 0.1) is 5.92 Å². The van der Waals surface area contributed by atoms with E-state index in [9.17, 15) is 19.2 Å². The largest absolute Gasteiger partial charge is 0.352 e. The van der Waals surface area contributed by atoms with Crippen LogP contribution in [0.1, 0.15) is 40.5 Å². The van der Waals surface area contributed by atoms with Gasteiger partial charge in [-0.1, -0.05) is 13.8 Å². The Morgan fingerprint density at radius 1 is 1.05 bits per heavy atom. The zero-order valence-electron chi connectivity index (χ0n) is 13.6. The van der Waals surface area contributed by atoms with E-state index in [1.807, 2.05) is 0 Å². The number of urea groups is 1. The molecule has 8 heteroatoms. The Morgan fingerprint density at radius 3 is 2.05 bits per heavy atom. The Hall–Kier alpha value is -2.12. The van der Waals surface area contributed by atoms with Crippen molar-refractivity contribution in [1.82, 2.24) is 16.0 Å². The van der Waals surface area contributed by atoms with Gasteiger partial charge in [0.15, 0.2) is 5.78 Å². The average Bonchev–Trinajstić information content (AvgIpc) is 2.38. The Balaban J connectivity index is 4.58. The lowest BCUT2D eigenvalue weighted by atomic mass is 10.0. The summed E-state index contributed by atoms with van der Waals surface area (Å²) in [6.07, 6.45) is 0.881. The minimum atomic E-state index is -0.692. The molecule has 2 atom stereocenters. The normalized spacial score (nSPS) is 13.1. The van der Waals surface area contributed by atoms with Crippen molar-refractivity contribution < 1.29 is 19.2 Å². The molecular formula is C14H26N4O4. The minimum absolute atomic E-state index is 0.104.